The van der Waals surface area contributed by atoms with Gasteiger partial charge in [-0.05, 0) is 74.0 Å². The Morgan fingerprint density at radius 3 is 2.43 bits per heavy atom. The van der Waals surface area contributed by atoms with Crippen molar-refractivity contribution in [2.75, 3.05) is 0 Å². The molecule has 0 spiro atoms. The molecule has 0 aliphatic rings. The molecule has 6 rings (SSSR count). The second-order valence-electron chi connectivity index (χ2n) is 10.8. The molecular formula is C35H26F3N5O4. The number of rotatable bonds is 8. The van der Waals surface area contributed by atoms with E-state index < -0.39 is 22.2 Å². The first-order valence-electron chi connectivity index (χ1n) is 14.4. The number of nitrogens with zero attached hydrogens (tertiary/aromatic N) is 5. The van der Waals surface area contributed by atoms with E-state index in [1.807, 2.05) is 36.6 Å². The Kier molecular flexibility index (Phi) is 8.16. The average molecular weight is 638 g/mol. The monoisotopic (exact) mass is 637 g/mol. The summed E-state index contributed by atoms with van der Waals surface area (Å²) in [5.74, 6) is 0.556. The maximum atomic E-state index is 13.6. The minimum atomic E-state index is -4.58. The molecule has 0 saturated heterocycles. The minimum absolute atomic E-state index is 0.00650. The zero-order valence-corrected chi connectivity index (χ0v) is 25.1. The summed E-state index contributed by atoms with van der Waals surface area (Å²) in [5.41, 5.74) is 2.90. The topological polar surface area (TPSA) is 105 Å². The van der Waals surface area contributed by atoms with Crippen molar-refractivity contribution in [1.29, 1.82) is 0 Å². The zero-order chi connectivity index (χ0) is 33.3. The molecule has 4 aromatic carbocycles. The summed E-state index contributed by atoms with van der Waals surface area (Å²) in [7, 11) is 0. The summed E-state index contributed by atoms with van der Waals surface area (Å²) in [5, 5.41) is 15.8. The maximum absolute atomic E-state index is 13.6. The first-order chi connectivity index (χ1) is 22.5. The van der Waals surface area contributed by atoms with E-state index in [9.17, 15) is 28.1 Å². The van der Waals surface area contributed by atoms with Crippen molar-refractivity contribution < 1.29 is 22.8 Å². The molecule has 6 aromatic rings. The Labute approximate surface area is 266 Å². The van der Waals surface area contributed by atoms with Crippen LogP contribution in [0.5, 0.6) is 5.75 Å². The summed E-state index contributed by atoms with van der Waals surface area (Å²) in [6, 6.07) is 26.7. The number of aromatic nitrogens is 3. The highest BCUT2D eigenvalue weighted by molar-refractivity contribution is 5.83. The van der Waals surface area contributed by atoms with Crippen LogP contribution in [0.4, 0.5) is 18.9 Å². The first kappa shape index (κ1) is 31.0. The number of nitro benzene ring substituents is 1. The SMILES string of the molecule is Cc1cc(C=Nn2c(-c3cccc(C(F)(F)F)c3)nc3ccccc3c2=O)c(C)n1-c1ccc(OCc2cccc([N+](=O)[O-])c2)cc1. The van der Waals surface area contributed by atoms with Gasteiger partial charge in [0.05, 0.1) is 27.6 Å². The van der Waals surface area contributed by atoms with Crippen molar-refractivity contribution in [2.24, 2.45) is 5.10 Å². The van der Waals surface area contributed by atoms with Gasteiger partial charge in [0.1, 0.15) is 12.4 Å². The Bertz CT molecular complexity index is 2220. The fraction of sp³-hybridized carbons (Fsp3) is 0.114. The summed E-state index contributed by atoms with van der Waals surface area (Å²) in [4.78, 5) is 28.7. The van der Waals surface area contributed by atoms with Crippen LogP contribution in [0, 0.1) is 24.0 Å². The van der Waals surface area contributed by atoms with Gasteiger partial charge in [0.2, 0.25) is 0 Å². The third kappa shape index (κ3) is 6.39. The second-order valence-corrected chi connectivity index (χ2v) is 10.8. The largest absolute Gasteiger partial charge is 0.489 e. The predicted molar refractivity (Wildman–Crippen MR) is 172 cm³/mol. The number of halogens is 3. The van der Waals surface area contributed by atoms with Crippen LogP contribution >= 0.6 is 0 Å². The number of aryl methyl sites for hydroxylation is 1. The highest BCUT2D eigenvalue weighted by atomic mass is 19.4. The number of benzene rings is 4. The van der Waals surface area contributed by atoms with E-state index >= 15 is 0 Å². The Balaban J connectivity index is 1.31. The molecule has 9 nitrogen and oxygen atoms in total. The van der Waals surface area contributed by atoms with E-state index in [0.29, 0.717) is 22.4 Å². The highest BCUT2D eigenvalue weighted by Gasteiger charge is 2.31. The molecule has 12 heteroatoms. The highest BCUT2D eigenvalue weighted by Crippen LogP contribution is 2.32. The Hall–Kier alpha value is -6.04. The van der Waals surface area contributed by atoms with E-state index in [1.165, 1.54) is 30.5 Å². The third-order valence-electron chi connectivity index (χ3n) is 7.61. The summed E-state index contributed by atoms with van der Waals surface area (Å²) in [6.45, 7) is 3.96. The van der Waals surface area contributed by atoms with Crippen LogP contribution < -0.4 is 10.3 Å². The van der Waals surface area contributed by atoms with E-state index in [-0.39, 0.29) is 29.1 Å². The fourth-order valence-corrected chi connectivity index (χ4v) is 5.31. The molecule has 0 atom stereocenters. The lowest BCUT2D eigenvalue weighted by Crippen LogP contribution is -2.20. The molecule has 2 heterocycles. The summed E-state index contributed by atoms with van der Waals surface area (Å²) in [6.07, 6.45) is -3.08. The van der Waals surface area contributed by atoms with E-state index in [4.69, 9.17) is 4.74 Å². The van der Waals surface area contributed by atoms with Gasteiger partial charge in [-0.3, -0.25) is 14.9 Å². The van der Waals surface area contributed by atoms with Crippen LogP contribution in [0.15, 0.2) is 113 Å². The molecule has 0 bridgehead atoms. The fourth-order valence-electron chi connectivity index (χ4n) is 5.31. The predicted octanol–water partition coefficient (Wildman–Crippen LogP) is 7.86. The van der Waals surface area contributed by atoms with Crippen molar-refractivity contribution >= 4 is 22.8 Å². The van der Waals surface area contributed by atoms with Gasteiger partial charge >= 0.3 is 6.18 Å². The van der Waals surface area contributed by atoms with Gasteiger partial charge < -0.3 is 9.30 Å². The number of alkyl halides is 3. The van der Waals surface area contributed by atoms with E-state index in [0.717, 1.165) is 33.9 Å². The standard InChI is InChI=1S/C35H26F3N5O4/c1-22-17-26(23(2)41(22)28-13-15-30(16-14-28)47-21-24-7-5-10-29(18-24)43(45)46)20-39-42-33(25-8-6-9-27(19-25)35(36,37)38)40-32-12-4-3-11-31(32)34(42)44/h3-20H,21H2,1-2H3. The molecule has 0 saturated carbocycles. The van der Waals surface area contributed by atoms with Crippen molar-refractivity contribution in [1.82, 2.24) is 14.2 Å². The van der Waals surface area contributed by atoms with Gasteiger partial charge in [0.25, 0.3) is 11.2 Å². The van der Waals surface area contributed by atoms with Crippen LogP contribution in [-0.4, -0.2) is 25.4 Å². The number of nitro groups is 1. The van der Waals surface area contributed by atoms with Gasteiger partial charge in [0.15, 0.2) is 5.82 Å². The van der Waals surface area contributed by atoms with Crippen LogP contribution in [0.3, 0.4) is 0 Å². The lowest BCUT2D eigenvalue weighted by Gasteiger charge is -2.12. The van der Waals surface area contributed by atoms with Gasteiger partial charge in [-0.15, -0.1) is 0 Å². The second kappa shape index (κ2) is 12.4. The van der Waals surface area contributed by atoms with E-state index in [2.05, 4.69) is 10.1 Å². The molecule has 0 fully saturated rings. The lowest BCUT2D eigenvalue weighted by molar-refractivity contribution is -0.384. The van der Waals surface area contributed by atoms with Crippen LogP contribution in [0.2, 0.25) is 0 Å². The van der Waals surface area contributed by atoms with Crippen molar-refractivity contribution in [3.05, 3.63) is 152 Å². The molecule has 2 aromatic heterocycles. The van der Waals surface area contributed by atoms with Gasteiger partial charge in [-0.1, -0.05) is 36.4 Å². The van der Waals surface area contributed by atoms with Crippen molar-refractivity contribution in [3.8, 4) is 22.8 Å². The van der Waals surface area contributed by atoms with E-state index in [1.54, 1.807) is 48.5 Å². The molecule has 47 heavy (non-hydrogen) atoms. The van der Waals surface area contributed by atoms with Crippen LogP contribution in [0.25, 0.3) is 28.0 Å². The molecule has 0 radical (unpaired) electrons. The minimum Gasteiger partial charge on any atom is -0.489 e. The number of hydrogen-bond acceptors (Lipinski definition) is 6. The molecule has 0 aliphatic heterocycles. The lowest BCUT2D eigenvalue weighted by atomic mass is 10.1. The Morgan fingerprint density at radius 2 is 1.68 bits per heavy atom. The average Bonchev–Trinajstić information content (AvgIpc) is 3.35. The third-order valence-corrected chi connectivity index (χ3v) is 7.61. The normalized spacial score (nSPS) is 11.8. The summed E-state index contributed by atoms with van der Waals surface area (Å²) < 4.78 is 49.4. The molecule has 236 valence electrons. The van der Waals surface area contributed by atoms with Crippen LogP contribution in [0.1, 0.15) is 28.1 Å². The quantitative estimate of drug-likeness (QED) is 0.0960. The van der Waals surface area contributed by atoms with Gasteiger partial charge in [-0.2, -0.15) is 22.9 Å². The van der Waals surface area contributed by atoms with Gasteiger partial charge in [-0.25, -0.2) is 4.98 Å². The first-order valence-corrected chi connectivity index (χ1v) is 14.4. The molecular weight excluding hydrogens is 611 g/mol. The van der Waals surface area contributed by atoms with Gasteiger partial charge in [0, 0.05) is 40.3 Å². The molecule has 0 aliphatic carbocycles. The summed E-state index contributed by atoms with van der Waals surface area (Å²) >= 11 is 0. The molecule has 0 unspecified atom stereocenters. The number of non-ortho nitro benzene ring substituents is 1. The van der Waals surface area contributed by atoms with Crippen molar-refractivity contribution in [2.45, 2.75) is 26.6 Å². The molecule has 0 amide bonds. The molecule has 0 N–H and O–H groups in total. The number of ether oxygens (including phenoxy) is 1. The van der Waals surface area contributed by atoms with Crippen LogP contribution in [-0.2, 0) is 12.8 Å². The Morgan fingerprint density at radius 1 is 0.936 bits per heavy atom. The number of fused-ring (bicyclic) bond motifs is 1. The maximum Gasteiger partial charge on any atom is 0.416 e. The number of para-hydroxylation sites is 1. The smallest absolute Gasteiger partial charge is 0.416 e. The zero-order valence-electron chi connectivity index (χ0n) is 25.1. The van der Waals surface area contributed by atoms with Crippen molar-refractivity contribution in [3.63, 3.8) is 0 Å². The number of hydrogen-bond donors (Lipinski definition) is 0.